The van der Waals surface area contributed by atoms with Gasteiger partial charge in [0.1, 0.15) is 0 Å². The van der Waals surface area contributed by atoms with Crippen LogP contribution in [0.15, 0.2) is 48.5 Å². The molecule has 2 heteroatoms. The van der Waals surface area contributed by atoms with Crippen molar-refractivity contribution in [3.63, 3.8) is 0 Å². The van der Waals surface area contributed by atoms with E-state index >= 15 is 0 Å². The zero-order chi connectivity index (χ0) is 12.4. The second kappa shape index (κ2) is 4.75. The Kier molecular flexibility index (Phi) is 2.95. The number of benzene rings is 2. The average Bonchev–Trinajstić information content (AvgIpc) is 2.77. The highest BCUT2D eigenvalue weighted by Gasteiger charge is 1.99. The summed E-state index contributed by atoms with van der Waals surface area (Å²) < 4.78 is 1.25. The van der Waals surface area contributed by atoms with Gasteiger partial charge in [-0.1, -0.05) is 48.6 Å². The lowest BCUT2D eigenvalue weighted by molar-refractivity contribution is 1.35. The van der Waals surface area contributed by atoms with Crippen LogP contribution in [-0.4, -0.2) is 4.98 Å². The lowest BCUT2D eigenvalue weighted by atomic mass is 10.1. The molecule has 3 aromatic rings. The molecule has 0 N–H and O–H groups in total. The minimum Gasteiger partial charge on any atom is -0.242 e. The van der Waals surface area contributed by atoms with Crippen LogP contribution in [0.4, 0.5) is 0 Å². The van der Waals surface area contributed by atoms with E-state index in [1.54, 1.807) is 11.3 Å². The van der Waals surface area contributed by atoms with Gasteiger partial charge in [0.25, 0.3) is 0 Å². The van der Waals surface area contributed by atoms with E-state index in [2.05, 4.69) is 59.6 Å². The Morgan fingerprint density at radius 2 is 1.72 bits per heavy atom. The van der Waals surface area contributed by atoms with Crippen LogP contribution in [0.2, 0.25) is 0 Å². The van der Waals surface area contributed by atoms with E-state index in [1.165, 1.54) is 15.8 Å². The van der Waals surface area contributed by atoms with Crippen molar-refractivity contribution >= 4 is 33.7 Å². The van der Waals surface area contributed by atoms with Gasteiger partial charge < -0.3 is 0 Å². The molecular weight excluding hydrogens is 238 g/mol. The number of nitrogens with zero attached hydrogens (tertiary/aromatic N) is 1. The van der Waals surface area contributed by atoms with Crippen molar-refractivity contribution in [1.29, 1.82) is 0 Å². The van der Waals surface area contributed by atoms with Gasteiger partial charge in [-0.3, -0.25) is 0 Å². The van der Waals surface area contributed by atoms with Crippen molar-refractivity contribution in [2.75, 3.05) is 0 Å². The maximum Gasteiger partial charge on any atom is 0.0907 e. The van der Waals surface area contributed by atoms with E-state index in [-0.39, 0.29) is 0 Å². The number of thiazole rings is 1. The number of rotatable bonds is 2. The standard InChI is InChI=1S/C16H13NS/c1-12-17-15-10-9-14(11-16(15)18-12)8-7-13-5-3-2-4-6-13/h2-11H,1H3. The van der Waals surface area contributed by atoms with Crippen molar-refractivity contribution in [3.8, 4) is 0 Å². The zero-order valence-electron chi connectivity index (χ0n) is 10.1. The molecule has 1 heterocycles. The van der Waals surface area contributed by atoms with Crippen molar-refractivity contribution < 1.29 is 0 Å². The van der Waals surface area contributed by atoms with Crippen LogP contribution < -0.4 is 0 Å². The average molecular weight is 251 g/mol. The summed E-state index contributed by atoms with van der Waals surface area (Å²) in [5.74, 6) is 0. The Bertz CT molecular complexity index is 695. The molecule has 0 amide bonds. The number of aromatic nitrogens is 1. The maximum atomic E-state index is 4.47. The van der Waals surface area contributed by atoms with Crippen LogP contribution in [-0.2, 0) is 0 Å². The van der Waals surface area contributed by atoms with Gasteiger partial charge in [0.05, 0.1) is 15.2 Å². The Morgan fingerprint density at radius 1 is 0.944 bits per heavy atom. The number of hydrogen-bond donors (Lipinski definition) is 0. The summed E-state index contributed by atoms with van der Waals surface area (Å²) in [6.45, 7) is 2.05. The first-order chi connectivity index (χ1) is 8.81. The second-order valence-electron chi connectivity index (χ2n) is 4.20. The molecule has 18 heavy (non-hydrogen) atoms. The Hall–Kier alpha value is -1.93. The fraction of sp³-hybridized carbons (Fsp3) is 0.0625. The van der Waals surface area contributed by atoms with Crippen molar-refractivity contribution in [1.82, 2.24) is 4.98 Å². The summed E-state index contributed by atoms with van der Waals surface area (Å²) in [4.78, 5) is 4.47. The van der Waals surface area contributed by atoms with Crippen LogP contribution in [0.1, 0.15) is 16.1 Å². The van der Waals surface area contributed by atoms with E-state index in [9.17, 15) is 0 Å². The first-order valence-corrected chi connectivity index (χ1v) is 6.73. The van der Waals surface area contributed by atoms with E-state index < -0.39 is 0 Å². The van der Waals surface area contributed by atoms with Gasteiger partial charge in [-0.15, -0.1) is 11.3 Å². The molecule has 0 unspecified atom stereocenters. The second-order valence-corrected chi connectivity index (χ2v) is 5.44. The van der Waals surface area contributed by atoms with E-state index in [1.807, 2.05) is 13.0 Å². The summed E-state index contributed by atoms with van der Waals surface area (Å²) in [5, 5.41) is 1.12. The van der Waals surface area contributed by atoms with Gasteiger partial charge in [0.15, 0.2) is 0 Å². The van der Waals surface area contributed by atoms with Crippen LogP contribution >= 0.6 is 11.3 Å². The molecule has 0 aliphatic heterocycles. The van der Waals surface area contributed by atoms with Crippen molar-refractivity contribution in [2.24, 2.45) is 0 Å². The van der Waals surface area contributed by atoms with Crippen LogP contribution in [0.3, 0.4) is 0 Å². The molecule has 0 aliphatic rings. The fourth-order valence-electron chi connectivity index (χ4n) is 1.92. The molecule has 1 aromatic heterocycles. The SMILES string of the molecule is Cc1nc2ccc(C=Cc3ccccc3)cc2s1. The minimum absolute atomic E-state index is 1.09. The molecule has 0 saturated carbocycles. The van der Waals surface area contributed by atoms with E-state index in [4.69, 9.17) is 0 Å². The molecule has 0 atom stereocenters. The topological polar surface area (TPSA) is 12.9 Å². The summed E-state index contributed by atoms with van der Waals surface area (Å²) in [5.41, 5.74) is 3.53. The van der Waals surface area contributed by atoms with Gasteiger partial charge in [-0.2, -0.15) is 0 Å². The first kappa shape index (κ1) is 11.2. The Morgan fingerprint density at radius 3 is 2.56 bits per heavy atom. The number of fused-ring (bicyclic) bond motifs is 1. The highest BCUT2D eigenvalue weighted by molar-refractivity contribution is 7.18. The van der Waals surface area contributed by atoms with Gasteiger partial charge in [-0.25, -0.2) is 4.98 Å². The van der Waals surface area contributed by atoms with Gasteiger partial charge >= 0.3 is 0 Å². The molecule has 2 aromatic carbocycles. The third-order valence-corrected chi connectivity index (χ3v) is 3.72. The molecular formula is C16H13NS. The van der Waals surface area contributed by atoms with Crippen LogP contribution in [0.25, 0.3) is 22.4 Å². The van der Waals surface area contributed by atoms with Gasteiger partial charge in [0, 0.05) is 0 Å². The molecule has 0 saturated heterocycles. The maximum absolute atomic E-state index is 4.47. The molecule has 0 spiro atoms. The largest absolute Gasteiger partial charge is 0.242 e. The van der Waals surface area contributed by atoms with Crippen molar-refractivity contribution in [2.45, 2.75) is 6.92 Å². The Labute approximate surface area is 110 Å². The summed E-state index contributed by atoms with van der Waals surface area (Å²) in [7, 11) is 0. The predicted octanol–water partition coefficient (Wildman–Crippen LogP) is 4.78. The molecule has 0 fully saturated rings. The molecule has 0 radical (unpaired) electrons. The van der Waals surface area contributed by atoms with E-state index in [0.29, 0.717) is 0 Å². The molecule has 1 nitrogen and oxygen atoms in total. The molecule has 3 rings (SSSR count). The summed E-state index contributed by atoms with van der Waals surface area (Å²) in [6, 6.07) is 16.7. The zero-order valence-corrected chi connectivity index (χ0v) is 10.9. The van der Waals surface area contributed by atoms with E-state index in [0.717, 1.165) is 10.5 Å². The smallest absolute Gasteiger partial charge is 0.0907 e. The Balaban J connectivity index is 1.93. The lowest BCUT2D eigenvalue weighted by Gasteiger charge is -1.94. The van der Waals surface area contributed by atoms with Gasteiger partial charge in [0.2, 0.25) is 0 Å². The number of aryl methyl sites for hydroxylation is 1. The lowest BCUT2D eigenvalue weighted by Crippen LogP contribution is -1.73. The van der Waals surface area contributed by atoms with Crippen molar-refractivity contribution in [3.05, 3.63) is 64.7 Å². The number of hydrogen-bond acceptors (Lipinski definition) is 2. The summed E-state index contributed by atoms with van der Waals surface area (Å²) in [6.07, 6.45) is 4.28. The summed E-state index contributed by atoms with van der Waals surface area (Å²) >= 11 is 1.74. The first-order valence-electron chi connectivity index (χ1n) is 5.91. The highest BCUT2D eigenvalue weighted by Crippen LogP contribution is 2.23. The normalized spacial score (nSPS) is 11.4. The highest BCUT2D eigenvalue weighted by atomic mass is 32.1. The third kappa shape index (κ3) is 2.34. The molecule has 0 bridgehead atoms. The van der Waals surface area contributed by atoms with Gasteiger partial charge in [-0.05, 0) is 30.2 Å². The molecule has 88 valence electrons. The third-order valence-electron chi connectivity index (χ3n) is 2.79. The quantitative estimate of drug-likeness (QED) is 0.597. The van der Waals surface area contributed by atoms with Crippen LogP contribution in [0.5, 0.6) is 0 Å². The molecule has 0 aliphatic carbocycles. The fourth-order valence-corrected chi connectivity index (χ4v) is 2.79. The monoisotopic (exact) mass is 251 g/mol. The minimum atomic E-state index is 1.09. The predicted molar refractivity (Wildman–Crippen MR) is 79.7 cm³/mol. The van der Waals surface area contributed by atoms with Crippen LogP contribution in [0, 0.1) is 6.92 Å².